The minimum Gasteiger partial charge on any atom is -0.487 e. The van der Waals surface area contributed by atoms with E-state index in [9.17, 15) is 5.26 Å². The van der Waals surface area contributed by atoms with Gasteiger partial charge in [-0.1, -0.05) is 6.07 Å². The van der Waals surface area contributed by atoms with Gasteiger partial charge in [0, 0.05) is 11.8 Å². The van der Waals surface area contributed by atoms with Gasteiger partial charge in [-0.2, -0.15) is 10.4 Å². The molecule has 0 spiro atoms. The number of aromatic amines is 1. The lowest BCUT2D eigenvalue weighted by molar-refractivity contribution is 0.192. The van der Waals surface area contributed by atoms with E-state index in [0.29, 0.717) is 17.9 Å². The van der Waals surface area contributed by atoms with Crippen LogP contribution in [-0.2, 0) is 6.54 Å². The van der Waals surface area contributed by atoms with Crippen LogP contribution in [0.2, 0.25) is 0 Å². The molecule has 0 unspecified atom stereocenters. The Morgan fingerprint density at radius 2 is 2.32 bits per heavy atom. The summed E-state index contributed by atoms with van der Waals surface area (Å²) in [5.74, 6) is 0.529. The van der Waals surface area contributed by atoms with Gasteiger partial charge in [-0.15, -0.1) is 5.10 Å². The summed E-state index contributed by atoms with van der Waals surface area (Å²) < 4.78 is 7.46. The molecule has 3 aromatic rings. The van der Waals surface area contributed by atoms with Gasteiger partial charge in [0.25, 0.3) is 0 Å². The molecule has 0 bridgehead atoms. The molecule has 22 heavy (non-hydrogen) atoms. The van der Waals surface area contributed by atoms with Crippen LogP contribution in [-0.4, -0.2) is 36.5 Å². The first kappa shape index (κ1) is 13.8. The van der Waals surface area contributed by atoms with E-state index in [1.54, 1.807) is 23.1 Å². The van der Waals surface area contributed by atoms with Gasteiger partial charge in [0.15, 0.2) is 0 Å². The van der Waals surface area contributed by atoms with Crippen LogP contribution in [0.3, 0.4) is 0 Å². The maximum absolute atomic E-state index is 9.22. The minimum atomic E-state index is -0.185. The molecule has 0 saturated carbocycles. The predicted molar refractivity (Wildman–Crippen MR) is 76.6 cm³/mol. The van der Waals surface area contributed by atoms with Crippen molar-refractivity contribution in [1.82, 2.24) is 30.4 Å². The number of tetrazole rings is 1. The lowest BCUT2D eigenvalue weighted by Crippen LogP contribution is -2.20. The number of rotatable bonds is 5. The third-order valence-corrected chi connectivity index (χ3v) is 3.10. The molecule has 0 saturated heterocycles. The second kappa shape index (κ2) is 6.05. The number of aromatic nitrogens is 6. The summed E-state index contributed by atoms with van der Waals surface area (Å²) in [5, 5.41) is 26.9. The Morgan fingerprint density at radius 1 is 1.41 bits per heavy atom. The molecule has 2 aromatic heterocycles. The first-order valence-electron chi connectivity index (χ1n) is 6.67. The average Bonchev–Trinajstić information content (AvgIpc) is 3.20. The van der Waals surface area contributed by atoms with E-state index in [-0.39, 0.29) is 6.10 Å². The molecule has 0 radical (unpaired) electrons. The number of benzene rings is 1. The lowest BCUT2D eigenvalue weighted by Gasteiger charge is -2.15. The number of nitrogens with zero attached hydrogens (tertiary/aromatic N) is 6. The molecule has 8 heteroatoms. The van der Waals surface area contributed by atoms with Crippen molar-refractivity contribution in [3.05, 3.63) is 42.5 Å². The summed E-state index contributed by atoms with van der Waals surface area (Å²) >= 11 is 0. The van der Waals surface area contributed by atoms with E-state index in [4.69, 9.17) is 4.74 Å². The summed E-state index contributed by atoms with van der Waals surface area (Å²) in [5.41, 5.74) is 2.34. The average molecular weight is 295 g/mol. The van der Waals surface area contributed by atoms with Crippen molar-refractivity contribution in [2.75, 3.05) is 0 Å². The van der Waals surface area contributed by atoms with Gasteiger partial charge >= 0.3 is 0 Å². The summed E-state index contributed by atoms with van der Waals surface area (Å²) in [6.07, 6.45) is 4.84. The van der Waals surface area contributed by atoms with Crippen LogP contribution in [0, 0.1) is 11.3 Å². The van der Waals surface area contributed by atoms with Gasteiger partial charge in [-0.05, 0) is 35.0 Å². The molecule has 1 N–H and O–H groups in total. The molecule has 0 aliphatic heterocycles. The second-order valence-corrected chi connectivity index (χ2v) is 4.77. The third kappa shape index (κ3) is 2.93. The fourth-order valence-corrected chi connectivity index (χ4v) is 2.08. The van der Waals surface area contributed by atoms with E-state index in [1.807, 2.05) is 19.1 Å². The van der Waals surface area contributed by atoms with Gasteiger partial charge in [0.1, 0.15) is 24.3 Å². The first-order chi connectivity index (χ1) is 10.8. The summed E-state index contributed by atoms with van der Waals surface area (Å²) in [4.78, 5) is 0. The normalized spacial score (nSPS) is 11.8. The lowest BCUT2D eigenvalue weighted by atomic mass is 10.1. The van der Waals surface area contributed by atoms with Crippen molar-refractivity contribution in [2.45, 2.75) is 19.6 Å². The topological polar surface area (TPSA) is 105 Å². The molecule has 3 rings (SSSR count). The SMILES string of the molecule is C[C@@H](Cn1cnnn1)Oc1cc(-c2cn[nH]c2)ccc1C#N. The number of ether oxygens (including phenoxy) is 1. The maximum atomic E-state index is 9.22. The Bertz CT molecular complexity index is 774. The van der Waals surface area contributed by atoms with Crippen molar-refractivity contribution < 1.29 is 4.74 Å². The fraction of sp³-hybridized carbons (Fsp3) is 0.214. The molecule has 0 aliphatic carbocycles. The zero-order valence-electron chi connectivity index (χ0n) is 11.8. The molecule has 1 atom stereocenters. The van der Waals surface area contributed by atoms with Crippen molar-refractivity contribution in [1.29, 1.82) is 5.26 Å². The van der Waals surface area contributed by atoms with E-state index in [1.165, 1.54) is 6.33 Å². The van der Waals surface area contributed by atoms with Crippen molar-refractivity contribution in [3.8, 4) is 22.9 Å². The van der Waals surface area contributed by atoms with Crippen LogP contribution in [0.1, 0.15) is 12.5 Å². The molecule has 110 valence electrons. The highest BCUT2D eigenvalue weighted by Gasteiger charge is 2.12. The highest BCUT2D eigenvalue weighted by Crippen LogP contribution is 2.27. The Morgan fingerprint density at radius 3 is 3.00 bits per heavy atom. The Labute approximate surface area is 126 Å². The van der Waals surface area contributed by atoms with E-state index >= 15 is 0 Å². The minimum absolute atomic E-state index is 0.185. The number of hydrogen-bond donors (Lipinski definition) is 1. The van der Waals surface area contributed by atoms with Crippen LogP contribution in [0.15, 0.2) is 36.9 Å². The molecule has 0 fully saturated rings. The second-order valence-electron chi connectivity index (χ2n) is 4.77. The number of hydrogen-bond acceptors (Lipinski definition) is 6. The number of nitrogens with one attached hydrogen (secondary N) is 1. The van der Waals surface area contributed by atoms with Gasteiger partial charge in [0.05, 0.1) is 18.3 Å². The largest absolute Gasteiger partial charge is 0.487 e. The smallest absolute Gasteiger partial charge is 0.138 e. The van der Waals surface area contributed by atoms with Crippen LogP contribution in [0.4, 0.5) is 0 Å². The number of nitriles is 1. The number of H-pyrrole nitrogens is 1. The van der Waals surface area contributed by atoms with Crippen molar-refractivity contribution in [2.24, 2.45) is 0 Å². The standard InChI is InChI=1S/C14H13N7O/c1-10(8-21-9-18-19-20-21)22-14-4-11(2-3-12(14)5-15)13-6-16-17-7-13/h2-4,6-7,9-10H,8H2,1H3,(H,16,17)/t10-/m0/s1. The van der Waals surface area contributed by atoms with Gasteiger partial charge in [0.2, 0.25) is 0 Å². The quantitative estimate of drug-likeness (QED) is 0.762. The fourth-order valence-electron chi connectivity index (χ4n) is 2.08. The zero-order chi connectivity index (χ0) is 15.4. The predicted octanol–water partition coefficient (Wildman–Crippen LogP) is 1.40. The van der Waals surface area contributed by atoms with Crippen LogP contribution >= 0.6 is 0 Å². The molecule has 0 aliphatic rings. The summed E-state index contributed by atoms with van der Waals surface area (Å²) in [6, 6.07) is 7.57. The van der Waals surface area contributed by atoms with Crippen molar-refractivity contribution in [3.63, 3.8) is 0 Å². The monoisotopic (exact) mass is 295 g/mol. The molecular weight excluding hydrogens is 282 g/mol. The highest BCUT2D eigenvalue weighted by molar-refractivity contribution is 5.65. The van der Waals surface area contributed by atoms with Crippen molar-refractivity contribution >= 4 is 0 Å². The van der Waals surface area contributed by atoms with Gasteiger partial charge in [-0.3, -0.25) is 5.10 Å². The van der Waals surface area contributed by atoms with Crippen LogP contribution < -0.4 is 4.74 Å². The van der Waals surface area contributed by atoms with Crippen LogP contribution in [0.25, 0.3) is 11.1 Å². The molecule has 0 amide bonds. The highest BCUT2D eigenvalue weighted by atomic mass is 16.5. The first-order valence-corrected chi connectivity index (χ1v) is 6.67. The molecule has 2 heterocycles. The van der Waals surface area contributed by atoms with E-state index in [0.717, 1.165) is 11.1 Å². The summed E-state index contributed by atoms with van der Waals surface area (Å²) in [7, 11) is 0. The molecule has 1 aromatic carbocycles. The Kier molecular flexibility index (Phi) is 3.78. The Hall–Kier alpha value is -3.21. The maximum Gasteiger partial charge on any atom is 0.138 e. The third-order valence-electron chi connectivity index (χ3n) is 3.10. The summed E-state index contributed by atoms with van der Waals surface area (Å²) in [6.45, 7) is 2.39. The van der Waals surface area contributed by atoms with E-state index in [2.05, 4.69) is 31.8 Å². The van der Waals surface area contributed by atoms with Gasteiger partial charge in [-0.25, -0.2) is 4.68 Å². The van der Waals surface area contributed by atoms with E-state index < -0.39 is 0 Å². The zero-order valence-corrected chi connectivity index (χ0v) is 11.8. The van der Waals surface area contributed by atoms with Gasteiger partial charge < -0.3 is 4.74 Å². The molecule has 8 nitrogen and oxygen atoms in total. The molecular formula is C14H13N7O. The van der Waals surface area contributed by atoms with Crippen LogP contribution in [0.5, 0.6) is 5.75 Å². The Balaban J connectivity index is 1.82.